The van der Waals surface area contributed by atoms with E-state index in [0.29, 0.717) is 23.6 Å². The van der Waals surface area contributed by atoms with Gasteiger partial charge in [-0.25, -0.2) is 9.64 Å². The van der Waals surface area contributed by atoms with Gasteiger partial charge in [0, 0.05) is 18.8 Å². The van der Waals surface area contributed by atoms with Gasteiger partial charge in [0.25, 0.3) is 0 Å². The molecule has 4 heteroatoms. The summed E-state index contributed by atoms with van der Waals surface area (Å²) < 4.78 is 6.82. The quantitative estimate of drug-likeness (QED) is 0.493. The van der Waals surface area contributed by atoms with Crippen LogP contribution >= 0.6 is 0 Å². The van der Waals surface area contributed by atoms with E-state index in [1.54, 1.807) is 24.7 Å². The monoisotopic (exact) mass is 330 g/mol. The van der Waals surface area contributed by atoms with Crippen LogP contribution in [0.4, 0.5) is 5.69 Å². The number of nitrogens with zero attached hydrogens (tertiary/aromatic N) is 2. The molecule has 1 heterocycles. The normalized spacial score (nSPS) is 10.3. The Morgan fingerprint density at radius 2 is 1.64 bits per heavy atom. The highest BCUT2D eigenvalue weighted by Crippen LogP contribution is 2.36. The third kappa shape index (κ3) is 3.17. The smallest absolute Gasteiger partial charge is 0.354 e. The van der Waals surface area contributed by atoms with Crippen LogP contribution in [0.3, 0.4) is 0 Å². The lowest BCUT2D eigenvalue weighted by Gasteiger charge is -2.09. The van der Waals surface area contributed by atoms with Gasteiger partial charge < -0.3 is 9.30 Å². The molecule has 0 N–H and O–H groups in total. The molecule has 4 nitrogen and oxygen atoms in total. The van der Waals surface area contributed by atoms with Gasteiger partial charge in [-0.2, -0.15) is 0 Å². The fourth-order valence-corrected chi connectivity index (χ4v) is 2.89. The first kappa shape index (κ1) is 16.5. The van der Waals surface area contributed by atoms with Crippen LogP contribution in [0.25, 0.3) is 27.1 Å². The number of esters is 1. The molecule has 0 unspecified atom stereocenters. The lowest BCUT2D eigenvalue weighted by Crippen LogP contribution is -2.10. The second kappa shape index (κ2) is 7.06. The first-order valence-corrected chi connectivity index (χ1v) is 8.05. The van der Waals surface area contributed by atoms with Gasteiger partial charge in [0.05, 0.1) is 13.2 Å². The molecule has 0 amide bonds. The number of rotatable bonds is 4. The van der Waals surface area contributed by atoms with Crippen molar-refractivity contribution in [1.29, 1.82) is 0 Å². The summed E-state index contributed by atoms with van der Waals surface area (Å²) in [7, 11) is 1.75. The zero-order valence-electron chi connectivity index (χ0n) is 14.2. The Hall–Kier alpha value is -3.32. The lowest BCUT2D eigenvalue weighted by molar-refractivity contribution is 0.0516. The molecule has 124 valence electrons. The second-order valence-electron chi connectivity index (χ2n) is 5.62. The first-order valence-electron chi connectivity index (χ1n) is 8.05. The number of hydrogen-bond donors (Lipinski definition) is 0. The highest BCUT2D eigenvalue weighted by molar-refractivity contribution is 6.00. The number of ether oxygens (including phenoxy) is 1. The largest absolute Gasteiger partial charge is 0.461 e. The molecule has 0 saturated carbocycles. The second-order valence-corrected chi connectivity index (χ2v) is 5.62. The molecule has 3 aromatic rings. The van der Waals surface area contributed by atoms with Crippen molar-refractivity contribution in [1.82, 2.24) is 4.57 Å². The van der Waals surface area contributed by atoms with E-state index < -0.39 is 5.97 Å². The zero-order chi connectivity index (χ0) is 17.8. The van der Waals surface area contributed by atoms with Crippen molar-refractivity contribution in [2.45, 2.75) is 6.92 Å². The minimum absolute atomic E-state index is 0.295. The Morgan fingerprint density at radius 1 is 1.04 bits per heavy atom. The van der Waals surface area contributed by atoms with Crippen molar-refractivity contribution in [2.75, 3.05) is 6.61 Å². The van der Waals surface area contributed by atoms with Crippen LogP contribution in [0, 0.1) is 6.57 Å². The van der Waals surface area contributed by atoms with Crippen LogP contribution in [0.2, 0.25) is 0 Å². The summed E-state index contributed by atoms with van der Waals surface area (Å²) in [5, 5.41) is 0. The maximum absolute atomic E-state index is 12.3. The van der Waals surface area contributed by atoms with Crippen LogP contribution in [0.5, 0.6) is 0 Å². The molecule has 0 bridgehead atoms. The predicted octanol–water partition coefficient (Wildman–Crippen LogP) is 5.09. The van der Waals surface area contributed by atoms with Crippen molar-refractivity contribution in [3.63, 3.8) is 0 Å². The molecule has 0 fully saturated rings. The molecule has 0 aliphatic carbocycles. The van der Waals surface area contributed by atoms with Gasteiger partial charge >= 0.3 is 5.97 Å². The third-order valence-electron chi connectivity index (χ3n) is 4.03. The number of hydrogen-bond acceptors (Lipinski definition) is 2. The Labute approximate surface area is 147 Å². The van der Waals surface area contributed by atoms with Gasteiger partial charge in [0.2, 0.25) is 5.69 Å². The zero-order valence-corrected chi connectivity index (χ0v) is 14.2. The fraction of sp³-hybridized carbons (Fsp3) is 0.143. The number of carbonyl (C=O) groups is 1. The van der Waals surface area contributed by atoms with Crippen LogP contribution in [0.1, 0.15) is 17.4 Å². The van der Waals surface area contributed by atoms with Crippen LogP contribution in [-0.2, 0) is 11.8 Å². The topological polar surface area (TPSA) is 35.6 Å². The molecule has 3 rings (SSSR count). The van der Waals surface area contributed by atoms with Crippen molar-refractivity contribution in [3.05, 3.63) is 77.9 Å². The van der Waals surface area contributed by atoms with E-state index in [9.17, 15) is 4.79 Å². The standard InChI is InChI=1S/C21H18N2O2/c1-4-25-21(24)20-19(18(22-2)14-23(20)3)17-12-10-16(11-13-17)15-8-6-5-7-9-15/h5-14H,4H2,1,3H3. The van der Waals surface area contributed by atoms with Crippen molar-refractivity contribution < 1.29 is 9.53 Å². The third-order valence-corrected chi connectivity index (χ3v) is 4.03. The van der Waals surface area contributed by atoms with Gasteiger partial charge in [-0.15, -0.1) is 0 Å². The summed E-state index contributed by atoms with van der Waals surface area (Å²) in [6.45, 7) is 9.49. The van der Waals surface area contributed by atoms with Crippen LogP contribution in [0.15, 0.2) is 60.8 Å². The Balaban J connectivity index is 2.07. The summed E-state index contributed by atoms with van der Waals surface area (Å²) in [6, 6.07) is 17.9. The molecular weight excluding hydrogens is 312 g/mol. The van der Waals surface area contributed by atoms with Gasteiger partial charge in [-0.3, -0.25) is 0 Å². The highest BCUT2D eigenvalue weighted by Gasteiger charge is 2.22. The van der Waals surface area contributed by atoms with Crippen molar-refractivity contribution in [3.8, 4) is 22.3 Å². The summed E-state index contributed by atoms with van der Waals surface area (Å²) in [5.74, 6) is -0.415. The molecule has 0 spiro atoms. The minimum Gasteiger partial charge on any atom is -0.461 e. The van der Waals surface area contributed by atoms with E-state index in [1.165, 1.54) is 0 Å². The van der Waals surface area contributed by atoms with E-state index in [-0.39, 0.29) is 0 Å². The van der Waals surface area contributed by atoms with E-state index in [0.717, 1.165) is 16.7 Å². The van der Waals surface area contributed by atoms with E-state index in [2.05, 4.69) is 4.85 Å². The summed E-state index contributed by atoms with van der Waals surface area (Å²) in [6.07, 6.45) is 1.67. The van der Waals surface area contributed by atoms with Crippen molar-refractivity contribution in [2.24, 2.45) is 7.05 Å². The molecule has 0 radical (unpaired) electrons. The van der Waals surface area contributed by atoms with E-state index in [1.807, 2.05) is 54.6 Å². The average Bonchev–Trinajstić information content (AvgIpc) is 2.99. The molecule has 1 aromatic heterocycles. The van der Waals surface area contributed by atoms with Gasteiger partial charge in [-0.05, 0) is 23.6 Å². The van der Waals surface area contributed by atoms with Gasteiger partial charge in [-0.1, -0.05) is 54.6 Å². The SMILES string of the molecule is [C-]#[N+]c1cn(C)c(C(=O)OCC)c1-c1ccc(-c2ccccc2)cc1. The molecule has 2 aromatic carbocycles. The van der Waals surface area contributed by atoms with Crippen LogP contribution in [-0.4, -0.2) is 17.1 Å². The molecule has 0 aliphatic rings. The molecule has 0 atom stereocenters. The Morgan fingerprint density at radius 3 is 2.24 bits per heavy atom. The molecule has 0 saturated heterocycles. The predicted molar refractivity (Wildman–Crippen MR) is 98.5 cm³/mol. The van der Waals surface area contributed by atoms with Crippen LogP contribution < -0.4 is 0 Å². The van der Waals surface area contributed by atoms with Crippen molar-refractivity contribution >= 4 is 11.7 Å². The van der Waals surface area contributed by atoms with Gasteiger partial charge in [0.15, 0.2) is 0 Å². The summed E-state index contributed by atoms with van der Waals surface area (Å²) >= 11 is 0. The molecule has 25 heavy (non-hydrogen) atoms. The number of aryl methyl sites for hydroxylation is 1. The maximum Gasteiger partial charge on any atom is 0.354 e. The number of carbonyl (C=O) groups excluding carboxylic acids is 1. The number of aromatic nitrogens is 1. The molecular formula is C21H18N2O2. The Bertz CT molecular complexity index is 933. The minimum atomic E-state index is -0.415. The van der Waals surface area contributed by atoms with E-state index >= 15 is 0 Å². The number of benzene rings is 2. The summed E-state index contributed by atoms with van der Waals surface area (Å²) in [4.78, 5) is 15.9. The Kier molecular flexibility index (Phi) is 4.67. The fourth-order valence-electron chi connectivity index (χ4n) is 2.89. The summed E-state index contributed by atoms with van der Waals surface area (Å²) in [5.41, 5.74) is 4.50. The van der Waals surface area contributed by atoms with E-state index in [4.69, 9.17) is 11.3 Å². The lowest BCUT2D eigenvalue weighted by atomic mass is 9.99. The van der Waals surface area contributed by atoms with Gasteiger partial charge in [0.1, 0.15) is 5.69 Å². The maximum atomic E-state index is 12.3. The molecule has 0 aliphatic heterocycles. The first-order chi connectivity index (χ1) is 12.2. The highest BCUT2D eigenvalue weighted by atomic mass is 16.5. The average molecular weight is 330 g/mol.